The Balaban J connectivity index is 3.00. The first-order chi connectivity index (χ1) is 5.41. The smallest absolute Gasteiger partial charge is 0.290 e. The molecule has 6 nitrogen and oxygen atoms in total. The Kier molecular flexibility index (Phi) is 1.85. The number of primary amides is 1. The summed E-state index contributed by atoms with van der Waals surface area (Å²) in [6.07, 6.45) is 0. The molecular formula is C6H10N4O2. The molecule has 0 fully saturated rings. The Morgan fingerprint density at radius 2 is 2.17 bits per heavy atom. The van der Waals surface area contributed by atoms with Crippen molar-refractivity contribution in [2.45, 2.75) is 19.4 Å². The molecule has 0 atom stereocenters. The van der Waals surface area contributed by atoms with Gasteiger partial charge in [-0.25, -0.2) is 0 Å². The fraction of sp³-hybridized carbons (Fsp3) is 0.500. The molecule has 0 unspecified atom stereocenters. The van der Waals surface area contributed by atoms with Gasteiger partial charge >= 0.3 is 0 Å². The minimum absolute atomic E-state index is 0.150. The summed E-state index contributed by atoms with van der Waals surface area (Å²) in [6, 6.07) is 0. The second-order valence-corrected chi connectivity index (χ2v) is 3.01. The van der Waals surface area contributed by atoms with Gasteiger partial charge in [-0.3, -0.25) is 4.79 Å². The van der Waals surface area contributed by atoms with Crippen molar-refractivity contribution in [1.82, 2.24) is 10.1 Å². The van der Waals surface area contributed by atoms with Crippen LogP contribution in [-0.2, 0) is 5.54 Å². The third-order valence-electron chi connectivity index (χ3n) is 1.20. The van der Waals surface area contributed by atoms with Crippen LogP contribution in [0.2, 0.25) is 0 Å². The maximum absolute atomic E-state index is 10.5. The number of hydrogen-bond acceptors (Lipinski definition) is 5. The first-order valence-corrected chi connectivity index (χ1v) is 3.34. The van der Waals surface area contributed by atoms with Crippen LogP contribution in [0.1, 0.15) is 30.4 Å². The molecule has 1 rings (SSSR count). The molecule has 1 aromatic rings. The van der Waals surface area contributed by atoms with Crippen molar-refractivity contribution < 1.29 is 9.32 Å². The zero-order valence-electron chi connectivity index (χ0n) is 6.87. The summed E-state index contributed by atoms with van der Waals surface area (Å²) in [5.74, 6) is -0.686. The van der Waals surface area contributed by atoms with Gasteiger partial charge in [-0.15, -0.1) is 0 Å². The Labute approximate surface area is 68.9 Å². The van der Waals surface area contributed by atoms with E-state index >= 15 is 0 Å². The van der Waals surface area contributed by atoms with Gasteiger partial charge in [0.2, 0.25) is 5.89 Å². The summed E-state index contributed by atoms with van der Waals surface area (Å²) >= 11 is 0. The number of aromatic nitrogens is 2. The lowest BCUT2D eigenvalue weighted by molar-refractivity contribution is 0.0987. The fourth-order valence-electron chi connectivity index (χ4n) is 0.585. The Morgan fingerprint density at radius 1 is 1.58 bits per heavy atom. The predicted molar refractivity (Wildman–Crippen MR) is 40.0 cm³/mol. The van der Waals surface area contributed by atoms with Gasteiger partial charge in [0, 0.05) is 0 Å². The minimum Gasteiger partial charge on any atom is -0.363 e. The van der Waals surface area contributed by atoms with Gasteiger partial charge < -0.3 is 16.0 Å². The van der Waals surface area contributed by atoms with Gasteiger partial charge in [0.25, 0.3) is 11.7 Å². The number of hydrogen-bond donors (Lipinski definition) is 2. The molecule has 1 heterocycles. The van der Waals surface area contributed by atoms with E-state index in [0.717, 1.165) is 0 Å². The maximum Gasteiger partial charge on any atom is 0.290 e. The summed E-state index contributed by atoms with van der Waals surface area (Å²) < 4.78 is 4.70. The summed E-state index contributed by atoms with van der Waals surface area (Å²) in [5, 5.41) is 3.34. The summed E-state index contributed by atoms with van der Waals surface area (Å²) in [5.41, 5.74) is 9.78. The van der Waals surface area contributed by atoms with Crippen molar-refractivity contribution in [2.24, 2.45) is 11.5 Å². The molecule has 1 amide bonds. The molecule has 0 aliphatic rings. The zero-order chi connectivity index (χ0) is 9.35. The van der Waals surface area contributed by atoms with Crippen LogP contribution >= 0.6 is 0 Å². The molecule has 0 saturated carbocycles. The third-order valence-corrected chi connectivity index (χ3v) is 1.20. The molecule has 1 aromatic heterocycles. The van der Waals surface area contributed by atoms with Crippen molar-refractivity contribution in [1.29, 1.82) is 0 Å². The second kappa shape index (κ2) is 2.56. The SMILES string of the molecule is CC(C)(N)c1nc(C(N)=O)no1. The van der Waals surface area contributed by atoms with Gasteiger partial charge in [0.1, 0.15) is 0 Å². The van der Waals surface area contributed by atoms with Crippen molar-refractivity contribution in [3.63, 3.8) is 0 Å². The van der Waals surface area contributed by atoms with Crippen LogP contribution < -0.4 is 11.5 Å². The van der Waals surface area contributed by atoms with Crippen LogP contribution in [0.3, 0.4) is 0 Å². The fourth-order valence-corrected chi connectivity index (χ4v) is 0.585. The number of nitrogens with zero attached hydrogens (tertiary/aromatic N) is 2. The van der Waals surface area contributed by atoms with Crippen molar-refractivity contribution in [2.75, 3.05) is 0 Å². The van der Waals surface area contributed by atoms with Crippen LogP contribution in [0.4, 0.5) is 0 Å². The van der Waals surface area contributed by atoms with E-state index in [1.54, 1.807) is 13.8 Å². The molecule has 4 N–H and O–H groups in total. The second-order valence-electron chi connectivity index (χ2n) is 3.01. The summed E-state index contributed by atoms with van der Waals surface area (Å²) in [4.78, 5) is 14.2. The van der Waals surface area contributed by atoms with Crippen LogP contribution in [0, 0.1) is 0 Å². The highest BCUT2D eigenvalue weighted by atomic mass is 16.5. The Hall–Kier alpha value is -1.43. The molecule has 66 valence electrons. The van der Waals surface area contributed by atoms with E-state index in [1.165, 1.54) is 0 Å². The molecular weight excluding hydrogens is 160 g/mol. The summed E-state index contributed by atoms with van der Waals surface area (Å²) in [6.45, 7) is 3.37. The molecule has 6 heteroatoms. The lowest BCUT2D eigenvalue weighted by Gasteiger charge is -2.10. The van der Waals surface area contributed by atoms with Gasteiger partial charge in [0.05, 0.1) is 5.54 Å². The molecule has 12 heavy (non-hydrogen) atoms. The van der Waals surface area contributed by atoms with E-state index in [-0.39, 0.29) is 11.7 Å². The molecule has 0 saturated heterocycles. The van der Waals surface area contributed by atoms with E-state index in [1.807, 2.05) is 0 Å². The molecule has 0 aliphatic heterocycles. The van der Waals surface area contributed by atoms with Gasteiger partial charge in [-0.2, -0.15) is 4.98 Å². The highest BCUT2D eigenvalue weighted by Crippen LogP contribution is 2.13. The van der Waals surface area contributed by atoms with E-state index < -0.39 is 11.4 Å². The Bertz CT molecular complexity index is 299. The lowest BCUT2D eigenvalue weighted by Crippen LogP contribution is -2.29. The number of carbonyl (C=O) groups is 1. The van der Waals surface area contributed by atoms with Crippen molar-refractivity contribution in [3.05, 3.63) is 11.7 Å². The average Bonchev–Trinajstić information content (AvgIpc) is 2.30. The topological polar surface area (TPSA) is 108 Å². The highest BCUT2D eigenvalue weighted by Gasteiger charge is 2.23. The number of nitrogens with two attached hydrogens (primary N) is 2. The largest absolute Gasteiger partial charge is 0.363 e. The molecule has 0 bridgehead atoms. The average molecular weight is 170 g/mol. The normalized spacial score (nSPS) is 11.6. The molecule has 0 radical (unpaired) electrons. The predicted octanol–water partition coefficient (Wildman–Crippen LogP) is -0.638. The van der Waals surface area contributed by atoms with E-state index in [9.17, 15) is 4.79 Å². The third kappa shape index (κ3) is 1.59. The monoisotopic (exact) mass is 170 g/mol. The van der Waals surface area contributed by atoms with Crippen LogP contribution in [0.25, 0.3) is 0 Å². The number of amides is 1. The standard InChI is InChI=1S/C6H10N4O2/c1-6(2,8)5-9-4(3(7)11)10-12-5/h8H2,1-2H3,(H2,7,11). The first-order valence-electron chi connectivity index (χ1n) is 3.34. The first kappa shape index (κ1) is 8.66. The number of rotatable bonds is 2. The minimum atomic E-state index is -0.749. The van der Waals surface area contributed by atoms with Gasteiger partial charge in [-0.05, 0) is 13.8 Å². The van der Waals surface area contributed by atoms with Crippen LogP contribution in [0.15, 0.2) is 4.52 Å². The van der Waals surface area contributed by atoms with E-state index in [2.05, 4.69) is 10.1 Å². The van der Waals surface area contributed by atoms with Gasteiger partial charge in [-0.1, -0.05) is 5.16 Å². The summed E-state index contributed by atoms with van der Waals surface area (Å²) in [7, 11) is 0. The lowest BCUT2D eigenvalue weighted by atomic mass is 10.1. The van der Waals surface area contributed by atoms with E-state index in [4.69, 9.17) is 16.0 Å². The number of carbonyl (C=O) groups excluding carboxylic acids is 1. The van der Waals surface area contributed by atoms with Gasteiger partial charge in [0.15, 0.2) is 0 Å². The maximum atomic E-state index is 10.5. The quantitative estimate of drug-likeness (QED) is 0.613. The van der Waals surface area contributed by atoms with Crippen LogP contribution in [-0.4, -0.2) is 16.0 Å². The van der Waals surface area contributed by atoms with Crippen LogP contribution in [0.5, 0.6) is 0 Å². The Morgan fingerprint density at radius 3 is 2.42 bits per heavy atom. The van der Waals surface area contributed by atoms with Crippen molar-refractivity contribution in [3.8, 4) is 0 Å². The van der Waals surface area contributed by atoms with Crippen molar-refractivity contribution >= 4 is 5.91 Å². The zero-order valence-corrected chi connectivity index (χ0v) is 6.87. The molecule has 0 aromatic carbocycles. The molecule has 0 spiro atoms. The molecule has 0 aliphatic carbocycles. The van der Waals surface area contributed by atoms with E-state index in [0.29, 0.717) is 0 Å². The highest BCUT2D eigenvalue weighted by molar-refractivity contribution is 5.88.